The Morgan fingerprint density at radius 3 is 2.24 bits per heavy atom. The van der Waals surface area contributed by atoms with E-state index in [4.69, 9.17) is 0 Å². The fraction of sp³-hybridized carbons (Fsp3) is 0. The number of aromatic nitrogens is 1. The number of carbonyl (C=O) groups excluding carboxylic acids is 1. The second-order valence-corrected chi connectivity index (χ2v) is 8.87. The molecule has 34 heavy (non-hydrogen) atoms. The van der Waals surface area contributed by atoms with Crippen molar-refractivity contribution in [3.8, 4) is 11.1 Å². The van der Waals surface area contributed by atoms with Crippen LogP contribution in [0.4, 0.5) is 17.2 Å². The van der Waals surface area contributed by atoms with E-state index in [2.05, 4.69) is 15.0 Å². The van der Waals surface area contributed by atoms with Crippen molar-refractivity contribution < 1.29 is 18.1 Å². The molecule has 3 aromatic carbocycles. The van der Waals surface area contributed by atoms with Gasteiger partial charge in [0.25, 0.3) is 21.6 Å². The molecular formula is C24H18N4O5S. The number of nitro groups is 1. The van der Waals surface area contributed by atoms with E-state index in [-0.39, 0.29) is 16.3 Å². The highest BCUT2D eigenvalue weighted by Gasteiger charge is 2.18. The minimum Gasteiger partial charge on any atom is -0.307 e. The fourth-order valence-electron chi connectivity index (χ4n) is 3.13. The summed E-state index contributed by atoms with van der Waals surface area (Å²) in [5.41, 5.74) is 2.09. The van der Waals surface area contributed by atoms with Crippen LogP contribution >= 0.6 is 0 Å². The van der Waals surface area contributed by atoms with Gasteiger partial charge in [0.2, 0.25) is 0 Å². The standard InChI is InChI=1S/C24H18N4O5S/c29-24(26-23-14-11-19(16-25-23)17-5-2-1-3-6-17)18-9-12-20(13-10-18)27-34(32,33)22-8-4-7-21(15-22)28(30)31/h1-16,27H,(H,25,26,29). The molecule has 0 saturated carbocycles. The van der Waals surface area contributed by atoms with Crippen LogP contribution in [0.1, 0.15) is 10.4 Å². The monoisotopic (exact) mass is 474 g/mol. The average Bonchev–Trinajstić information content (AvgIpc) is 2.85. The molecule has 4 aromatic rings. The lowest BCUT2D eigenvalue weighted by Crippen LogP contribution is -2.14. The van der Waals surface area contributed by atoms with Crippen LogP contribution in [0.2, 0.25) is 0 Å². The van der Waals surface area contributed by atoms with Crippen LogP contribution < -0.4 is 10.0 Å². The van der Waals surface area contributed by atoms with Crippen molar-refractivity contribution in [2.45, 2.75) is 4.90 Å². The number of carbonyl (C=O) groups is 1. The first-order valence-corrected chi connectivity index (χ1v) is 11.5. The highest BCUT2D eigenvalue weighted by Crippen LogP contribution is 2.22. The summed E-state index contributed by atoms with van der Waals surface area (Å²) in [6.07, 6.45) is 1.66. The number of sulfonamides is 1. The molecule has 1 amide bonds. The van der Waals surface area contributed by atoms with Crippen LogP contribution in [-0.2, 0) is 10.0 Å². The minimum absolute atomic E-state index is 0.202. The van der Waals surface area contributed by atoms with Crippen molar-refractivity contribution in [2.75, 3.05) is 10.0 Å². The summed E-state index contributed by atoms with van der Waals surface area (Å²) in [5.74, 6) is -0.0341. The Kier molecular flexibility index (Phi) is 6.33. The molecule has 0 atom stereocenters. The molecule has 1 aromatic heterocycles. The van der Waals surface area contributed by atoms with Crippen LogP contribution in [0.5, 0.6) is 0 Å². The Hall–Kier alpha value is -4.57. The van der Waals surface area contributed by atoms with E-state index in [0.29, 0.717) is 11.4 Å². The molecule has 4 rings (SSSR count). The molecule has 0 aliphatic carbocycles. The van der Waals surface area contributed by atoms with Gasteiger partial charge < -0.3 is 5.32 Å². The van der Waals surface area contributed by atoms with Crippen LogP contribution in [0, 0.1) is 10.1 Å². The van der Waals surface area contributed by atoms with Gasteiger partial charge in [-0.05, 0) is 48.0 Å². The van der Waals surface area contributed by atoms with Gasteiger partial charge in [-0.15, -0.1) is 0 Å². The number of non-ortho nitro benzene ring substituents is 1. The quantitative estimate of drug-likeness (QED) is 0.295. The molecule has 0 aliphatic heterocycles. The Labute approximate surface area is 195 Å². The number of hydrogen-bond donors (Lipinski definition) is 2. The molecule has 0 radical (unpaired) electrons. The summed E-state index contributed by atoms with van der Waals surface area (Å²) >= 11 is 0. The third kappa shape index (κ3) is 5.25. The third-order valence-electron chi connectivity index (χ3n) is 4.85. The van der Waals surface area contributed by atoms with Gasteiger partial charge in [-0.3, -0.25) is 19.6 Å². The highest BCUT2D eigenvalue weighted by molar-refractivity contribution is 7.92. The van der Waals surface area contributed by atoms with Crippen LogP contribution in [0.25, 0.3) is 11.1 Å². The second kappa shape index (κ2) is 9.51. The van der Waals surface area contributed by atoms with Crippen molar-refractivity contribution in [1.29, 1.82) is 0 Å². The normalized spacial score (nSPS) is 10.9. The van der Waals surface area contributed by atoms with E-state index in [9.17, 15) is 23.3 Å². The number of rotatable bonds is 7. The lowest BCUT2D eigenvalue weighted by Gasteiger charge is -2.09. The maximum absolute atomic E-state index is 12.5. The lowest BCUT2D eigenvalue weighted by molar-refractivity contribution is -0.385. The zero-order chi connectivity index (χ0) is 24.1. The van der Waals surface area contributed by atoms with E-state index in [0.717, 1.165) is 17.2 Å². The number of amides is 1. The molecular weight excluding hydrogens is 456 g/mol. The molecule has 1 heterocycles. The number of nitrogens with zero attached hydrogens (tertiary/aromatic N) is 2. The topological polar surface area (TPSA) is 131 Å². The molecule has 170 valence electrons. The Balaban J connectivity index is 1.42. The maximum Gasteiger partial charge on any atom is 0.270 e. The third-order valence-corrected chi connectivity index (χ3v) is 6.23. The SMILES string of the molecule is O=C(Nc1ccc(-c2ccccc2)cn1)c1ccc(NS(=O)(=O)c2cccc([N+](=O)[O-])c2)cc1. The Morgan fingerprint density at radius 2 is 1.59 bits per heavy atom. The molecule has 0 aliphatic rings. The van der Waals surface area contributed by atoms with Crippen molar-refractivity contribution in [2.24, 2.45) is 0 Å². The molecule has 0 spiro atoms. The molecule has 0 saturated heterocycles. The van der Waals surface area contributed by atoms with Gasteiger partial charge in [0.15, 0.2) is 0 Å². The van der Waals surface area contributed by atoms with Gasteiger partial charge in [-0.25, -0.2) is 13.4 Å². The number of pyridine rings is 1. The van der Waals surface area contributed by atoms with Crippen LogP contribution in [0.15, 0.2) is 102 Å². The van der Waals surface area contributed by atoms with Gasteiger partial charge in [-0.1, -0.05) is 36.4 Å². The Morgan fingerprint density at radius 1 is 0.853 bits per heavy atom. The van der Waals surface area contributed by atoms with Crippen LogP contribution in [-0.4, -0.2) is 24.2 Å². The van der Waals surface area contributed by atoms with E-state index in [1.54, 1.807) is 12.3 Å². The lowest BCUT2D eigenvalue weighted by atomic mass is 10.1. The summed E-state index contributed by atoms with van der Waals surface area (Å²) in [7, 11) is -4.04. The van der Waals surface area contributed by atoms with Gasteiger partial charge in [-0.2, -0.15) is 0 Å². The van der Waals surface area contributed by atoms with Gasteiger partial charge in [0, 0.05) is 35.1 Å². The first-order chi connectivity index (χ1) is 16.3. The number of nitro benzene ring substituents is 1. The first kappa shape index (κ1) is 22.6. The average molecular weight is 474 g/mol. The van der Waals surface area contributed by atoms with Crippen molar-refractivity contribution >= 4 is 33.1 Å². The smallest absolute Gasteiger partial charge is 0.270 e. The molecule has 0 fully saturated rings. The second-order valence-electron chi connectivity index (χ2n) is 7.19. The van der Waals surface area contributed by atoms with E-state index in [1.807, 2.05) is 36.4 Å². The zero-order valence-electron chi connectivity index (χ0n) is 17.6. The molecule has 9 nitrogen and oxygen atoms in total. The predicted octanol–water partition coefficient (Wildman–Crippen LogP) is 4.71. The summed E-state index contributed by atoms with van der Waals surface area (Å²) in [6.45, 7) is 0. The minimum atomic E-state index is -4.04. The summed E-state index contributed by atoms with van der Waals surface area (Å²) in [6, 6.07) is 23.8. The van der Waals surface area contributed by atoms with Gasteiger partial charge in [0.05, 0.1) is 9.82 Å². The molecule has 0 unspecified atom stereocenters. The predicted molar refractivity (Wildman–Crippen MR) is 128 cm³/mol. The fourth-order valence-corrected chi connectivity index (χ4v) is 4.22. The van der Waals surface area contributed by atoms with E-state index < -0.39 is 20.9 Å². The van der Waals surface area contributed by atoms with Crippen molar-refractivity contribution in [1.82, 2.24) is 4.98 Å². The summed E-state index contributed by atoms with van der Waals surface area (Å²) in [4.78, 5) is 26.8. The number of benzene rings is 3. The molecule has 0 bridgehead atoms. The number of anilines is 2. The summed E-state index contributed by atoms with van der Waals surface area (Å²) in [5, 5.41) is 13.6. The van der Waals surface area contributed by atoms with Gasteiger partial charge >= 0.3 is 0 Å². The first-order valence-electron chi connectivity index (χ1n) is 10.0. The summed E-state index contributed by atoms with van der Waals surface area (Å²) < 4.78 is 27.4. The number of nitrogens with one attached hydrogen (secondary N) is 2. The van der Waals surface area contributed by atoms with E-state index in [1.165, 1.54) is 42.5 Å². The Bertz CT molecular complexity index is 1440. The largest absolute Gasteiger partial charge is 0.307 e. The molecule has 2 N–H and O–H groups in total. The highest BCUT2D eigenvalue weighted by atomic mass is 32.2. The van der Waals surface area contributed by atoms with Gasteiger partial charge in [0.1, 0.15) is 5.82 Å². The van der Waals surface area contributed by atoms with E-state index >= 15 is 0 Å². The molecule has 10 heteroatoms. The van der Waals surface area contributed by atoms with Crippen molar-refractivity contribution in [3.63, 3.8) is 0 Å². The maximum atomic E-state index is 12.5. The van der Waals surface area contributed by atoms with Crippen LogP contribution in [0.3, 0.4) is 0 Å². The zero-order valence-corrected chi connectivity index (χ0v) is 18.4. The van der Waals surface area contributed by atoms with Crippen molar-refractivity contribution in [3.05, 3.63) is 113 Å². The number of hydrogen-bond acceptors (Lipinski definition) is 6.